The first-order valence-electron chi connectivity index (χ1n) is 7.82. The lowest BCUT2D eigenvalue weighted by atomic mass is 9.92. The van der Waals surface area contributed by atoms with Crippen LogP contribution in [-0.2, 0) is 6.54 Å². The zero-order valence-electron chi connectivity index (χ0n) is 13.6. The number of methoxy groups -OCH3 is 1. The molecule has 0 aromatic heterocycles. The average Bonchev–Trinajstić information content (AvgIpc) is 2.48. The molecule has 4 heteroatoms. The van der Waals surface area contributed by atoms with Crippen molar-refractivity contribution in [2.45, 2.75) is 51.7 Å². The van der Waals surface area contributed by atoms with Crippen molar-refractivity contribution in [1.82, 2.24) is 10.2 Å². The van der Waals surface area contributed by atoms with Crippen LogP contribution in [0.5, 0.6) is 5.75 Å². The first kappa shape index (κ1) is 16.8. The summed E-state index contributed by atoms with van der Waals surface area (Å²) in [5.41, 5.74) is 1.47. The van der Waals surface area contributed by atoms with Gasteiger partial charge in [0.05, 0.1) is 7.11 Å². The van der Waals surface area contributed by atoms with Crippen molar-refractivity contribution >= 4 is 15.9 Å². The highest BCUT2D eigenvalue weighted by molar-refractivity contribution is 9.10. The van der Waals surface area contributed by atoms with Gasteiger partial charge in [0.1, 0.15) is 5.75 Å². The third kappa shape index (κ3) is 3.99. The van der Waals surface area contributed by atoms with Gasteiger partial charge in [0.25, 0.3) is 0 Å². The fraction of sp³-hybridized carbons (Fsp3) is 0.647. The number of benzene rings is 1. The summed E-state index contributed by atoms with van der Waals surface area (Å²) in [5, 5.41) is 3.72. The number of hydrogen-bond acceptors (Lipinski definition) is 3. The molecule has 1 aliphatic heterocycles. The Balaban J connectivity index is 2.20. The van der Waals surface area contributed by atoms with E-state index in [0.717, 1.165) is 36.3 Å². The molecule has 21 heavy (non-hydrogen) atoms. The average molecular weight is 355 g/mol. The maximum absolute atomic E-state index is 5.53. The third-order valence-corrected chi connectivity index (χ3v) is 5.19. The van der Waals surface area contributed by atoms with Crippen molar-refractivity contribution in [1.29, 1.82) is 0 Å². The van der Waals surface area contributed by atoms with E-state index in [0.29, 0.717) is 6.04 Å². The molecule has 2 rings (SSSR count). The van der Waals surface area contributed by atoms with E-state index in [1.807, 2.05) is 12.1 Å². The van der Waals surface area contributed by atoms with Crippen molar-refractivity contribution < 1.29 is 4.74 Å². The van der Waals surface area contributed by atoms with Crippen LogP contribution in [0.3, 0.4) is 0 Å². The molecule has 2 atom stereocenters. The second-order valence-electron chi connectivity index (χ2n) is 6.22. The van der Waals surface area contributed by atoms with Crippen LogP contribution >= 0.6 is 15.9 Å². The van der Waals surface area contributed by atoms with Gasteiger partial charge in [-0.1, -0.05) is 29.8 Å². The topological polar surface area (TPSA) is 24.5 Å². The maximum Gasteiger partial charge on any atom is 0.123 e. The number of rotatable bonds is 5. The summed E-state index contributed by atoms with van der Waals surface area (Å²) in [6.07, 6.45) is 2.32. The molecule has 1 N–H and O–H groups in total. The van der Waals surface area contributed by atoms with E-state index < -0.39 is 0 Å². The zero-order chi connectivity index (χ0) is 15.5. The Kier molecular flexibility index (Phi) is 5.69. The predicted octanol–water partition coefficient (Wildman–Crippen LogP) is 3.81. The second-order valence-corrected chi connectivity index (χ2v) is 7.13. The minimum atomic E-state index is 0.213. The Labute approximate surface area is 137 Å². The molecule has 2 unspecified atom stereocenters. The van der Waals surface area contributed by atoms with Crippen molar-refractivity contribution in [3.05, 3.63) is 28.2 Å². The molecular weight excluding hydrogens is 328 g/mol. The number of halogens is 1. The lowest BCUT2D eigenvalue weighted by molar-refractivity contribution is 0.0748. The Morgan fingerprint density at radius 3 is 2.81 bits per heavy atom. The van der Waals surface area contributed by atoms with E-state index >= 15 is 0 Å². The van der Waals surface area contributed by atoms with Crippen LogP contribution in [0.2, 0.25) is 0 Å². The molecular formula is C17H27BrN2O. The summed E-state index contributed by atoms with van der Waals surface area (Å²) in [6.45, 7) is 9.94. The molecule has 0 bridgehead atoms. The summed E-state index contributed by atoms with van der Waals surface area (Å²) < 4.78 is 6.64. The Hall–Kier alpha value is -0.580. The van der Waals surface area contributed by atoms with E-state index in [1.165, 1.54) is 12.0 Å². The molecule has 1 aliphatic rings. The van der Waals surface area contributed by atoms with Gasteiger partial charge in [0, 0.05) is 41.3 Å². The quantitative estimate of drug-likeness (QED) is 0.869. The summed E-state index contributed by atoms with van der Waals surface area (Å²) in [6, 6.07) is 6.85. The maximum atomic E-state index is 5.53. The molecule has 0 spiro atoms. The van der Waals surface area contributed by atoms with Crippen LogP contribution in [0.1, 0.15) is 39.2 Å². The Bertz CT molecular complexity index is 480. The highest BCUT2D eigenvalue weighted by atomic mass is 79.9. The molecule has 1 heterocycles. The molecule has 0 amide bonds. The normalized spacial score (nSPS) is 26.8. The SMILES string of the molecule is CCC1CNC(C)(CC)CN1Cc1cc(Br)ccc1OC. The number of hydrogen-bond donors (Lipinski definition) is 1. The molecule has 0 aliphatic carbocycles. The van der Waals surface area contributed by atoms with Crippen LogP contribution in [-0.4, -0.2) is 36.7 Å². The first-order chi connectivity index (χ1) is 10.0. The number of nitrogens with zero attached hydrogens (tertiary/aromatic N) is 1. The van der Waals surface area contributed by atoms with Gasteiger partial charge in [-0.2, -0.15) is 0 Å². The van der Waals surface area contributed by atoms with E-state index in [2.05, 4.69) is 53.0 Å². The Morgan fingerprint density at radius 2 is 2.19 bits per heavy atom. The smallest absolute Gasteiger partial charge is 0.123 e. The lowest BCUT2D eigenvalue weighted by Gasteiger charge is -2.46. The van der Waals surface area contributed by atoms with Gasteiger partial charge in [0.15, 0.2) is 0 Å². The van der Waals surface area contributed by atoms with Crippen molar-refractivity contribution in [3.63, 3.8) is 0 Å². The van der Waals surface area contributed by atoms with Crippen molar-refractivity contribution in [3.8, 4) is 5.75 Å². The van der Waals surface area contributed by atoms with Crippen LogP contribution in [0.15, 0.2) is 22.7 Å². The molecule has 1 aromatic carbocycles. The summed E-state index contributed by atoms with van der Waals surface area (Å²) >= 11 is 3.57. The molecule has 3 nitrogen and oxygen atoms in total. The number of nitrogens with one attached hydrogen (secondary N) is 1. The first-order valence-corrected chi connectivity index (χ1v) is 8.62. The van der Waals surface area contributed by atoms with Gasteiger partial charge < -0.3 is 10.1 Å². The standard InChI is InChI=1S/C17H27BrN2O/c1-5-15-10-19-17(3,6-2)12-20(15)11-13-9-14(18)7-8-16(13)21-4/h7-9,15,19H,5-6,10-12H2,1-4H3. The highest BCUT2D eigenvalue weighted by Gasteiger charge is 2.33. The molecule has 0 saturated carbocycles. The fourth-order valence-corrected chi connectivity index (χ4v) is 3.45. The molecule has 1 fully saturated rings. The fourth-order valence-electron chi connectivity index (χ4n) is 3.04. The summed E-state index contributed by atoms with van der Waals surface area (Å²) in [4.78, 5) is 2.60. The van der Waals surface area contributed by atoms with Crippen LogP contribution in [0.4, 0.5) is 0 Å². The summed E-state index contributed by atoms with van der Waals surface area (Å²) in [7, 11) is 1.75. The van der Waals surface area contributed by atoms with E-state index in [-0.39, 0.29) is 5.54 Å². The summed E-state index contributed by atoms with van der Waals surface area (Å²) in [5.74, 6) is 0.977. The van der Waals surface area contributed by atoms with Gasteiger partial charge in [-0.05, 0) is 38.0 Å². The molecule has 1 aromatic rings. The predicted molar refractivity (Wildman–Crippen MR) is 91.9 cm³/mol. The number of ether oxygens (including phenoxy) is 1. The third-order valence-electron chi connectivity index (χ3n) is 4.70. The van der Waals surface area contributed by atoms with E-state index in [1.54, 1.807) is 7.11 Å². The van der Waals surface area contributed by atoms with E-state index in [9.17, 15) is 0 Å². The van der Waals surface area contributed by atoms with Crippen LogP contribution < -0.4 is 10.1 Å². The molecule has 0 radical (unpaired) electrons. The Morgan fingerprint density at radius 1 is 1.43 bits per heavy atom. The number of piperazine rings is 1. The molecule has 1 saturated heterocycles. The van der Waals surface area contributed by atoms with Crippen molar-refractivity contribution in [2.75, 3.05) is 20.2 Å². The van der Waals surface area contributed by atoms with Crippen molar-refractivity contribution in [2.24, 2.45) is 0 Å². The minimum absolute atomic E-state index is 0.213. The van der Waals surface area contributed by atoms with Gasteiger partial charge >= 0.3 is 0 Å². The minimum Gasteiger partial charge on any atom is -0.496 e. The van der Waals surface area contributed by atoms with E-state index in [4.69, 9.17) is 4.74 Å². The van der Waals surface area contributed by atoms with Gasteiger partial charge in [-0.15, -0.1) is 0 Å². The van der Waals surface area contributed by atoms with Crippen LogP contribution in [0, 0.1) is 0 Å². The highest BCUT2D eigenvalue weighted by Crippen LogP contribution is 2.28. The van der Waals surface area contributed by atoms with Gasteiger partial charge in [-0.25, -0.2) is 0 Å². The van der Waals surface area contributed by atoms with Crippen LogP contribution in [0.25, 0.3) is 0 Å². The lowest BCUT2D eigenvalue weighted by Crippen LogP contribution is -2.62. The van der Waals surface area contributed by atoms with Gasteiger partial charge in [-0.3, -0.25) is 4.90 Å². The largest absolute Gasteiger partial charge is 0.496 e. The molecule has 118 valence electrons. The zero-order valence-corrected chi connectivity index (χ0v) is 15.2. The monoisotopic (exact) mass is 354 g/mol. The second kappa shape index (κ2) is 7.12. The van der Waals surface area contributed by atoms with Gasteiger partial charge in [0.2, 0.25) is 0 Å².